The van der Waals surface area contributed by atoms with E-state index < -0.39 is 41.0 Å². The number of hydrogen-bond acceptors (Lipinski definition) is 9. The summed E-state index contributed by atoms with van der Waals surface area (Å²) in [6.07, 6.45) is 1.23. The molecule has 4 atom stereocenters. The summed E-state index contributed by atoms with van der Waals surface area (Å²) >= 11 is 0. The summed E-state index contributed by atoms with van der Waals surface area (Å²) in [4.78, 5) is 36.5. The Morgan fingerprint density at radius 1 is 1.28 bits per heavy atom. The van der Waals surface area contributed by atoms with Crippen LogP contribution in [-0.2, 0) is 38.1 Å². The summed E-state index contributed by atoms with van der Waals surface area (Å²) in [6, 6.07) is 0. The fourth-order valence-electron chi connectivity index (χ4n) is 4.33. The second-order valence-electron chi connectivity index (χ2n) is 8.82. The van der Waals surface area contributed by atoms with Crippen LogP contribution in [-0.4, -0.2) is 59.3 Å². The predicted octanol–water partition coefficient (Wildman–Crippen LogP) is 2.23. The maximum atomic E-state index is 12.7. The Kier molecular flexibility index (Phi) is 6.38. The molecule has 9 heteroatoms. The van der Waals surface area contributed by atoms with Crippen molar-refractivity contribution < 1.29 is 43.2 Å². The molecule has 176 valence electrons. The molecule has 0 aromatic heterocycles. The summed E-state index contributed by atoms with van der Waals surface area (Å²) in [5.74, 6) is -3.23. The van der Waals surface area contributed by atoms with Gasteiger partial charge in [-0.05, 0) is 40.2 Å². The number of ether oxygens (including phenoxy) is 5. The Morgan fingerprint density at radius 3 is 2.56 bits per heavy atom. The van der Waals surface area contributed by atoms with Crippen molar-refractivity contribution in [3.05, 3.63) is 35.1 Å². The topological polar surface area (TPSA) is 118 Å². The SMILES string of the molecule is C=C(C)C(=O)O[C@@H]1C[C@@](C)(O)[C@]2(OCC)CC[C@@](C)(/C=C3/OC(=O)C(COC(C)=O)=C31)O2. The molecule has 3 aliphatic heterocycles. The first-order valence-electron chi connectivity index (χ1n) is 10.6. The number of carbonyl (C=O) groups is 3. The lowest BCUT2D eigenvalue weighted by Gasteiger charge is -2.43. The first kappa shape index (κ1) is 24.2. The summed E-state index contributed by atoms with van der Waals surface area (Å²) < 4.78 is 28.4. The smallest absolute Gasteiger partial charge is 0.343 e. The van der Waals surface area contributed by atoms with Crippen LogP contribution in [0, 0.1) is 0 Å². The van der Waals surface area contributed by atoms with Gasteiger partial charge in [0.2, 0.25) is 0 Å². The third kappa shape index (κ3) is 4.37. The zero-order valence-corrected chi connectivity index (χ0v) is 19.1. The van der Waals surface area contributed by atoms with E-state index in [9.17, 15) is 19.5 Å². The standard InChI is InChI=1S/C23H30O9/c1-7-29-23-9-8-21(5,32-23)10-16-18(15(20(26)31-16)12-28-14(4)24)17(11-22(23,6)27)30-19(25)13(2)3/h10,17,27H,2,7-9,11-12H2,1,3-6H3/b16-10+/t17-,21+,22-,23+/m1/s1. The van der Waals surface area contributed by atoms with Crippen molar-refractivity contribution in [2.24, 2.45) is 0 Å². The molecule has 0 saturated carbocycles. The van der Waals surface area contributed by atoms with Crippen LogP contribution in [0.1, 0.15) is 53.9 Å². The molecule has 9 nitrogen and oxygen atoms in total. The molecule has 0 aromatic rings. The Bertz CT molecular complexity index is 912. The Balaban J connectivity index is 2.19. The van der Waals surface area contributed by atoms with Gasteiger partial charge in [-0.1, -0.05) is 6.58 Å². The summed E-state index contributed by atoms with van der Waals surface area (Å²) in [5, 5.41) is 11.6. The molecular weight excluding hydrogens is 420 g/mol. The highest BCUT2D eigenvalue weighted by atomic mass is 16.7. The van der Waals surface area contributed by atoms with Crippen molar-refractivity contribution in [2.45, 2.75) is 77.0 Å². The number of carbonyl (C=O) groups excluding carboxylic acids is 3. The lowest BCUT2D eigenvalue weighted by Crippen LogP contribution is -2.56. The van der Waals surface area contributed by atoms with Crippen LogP contribution in [0.25, 0.3) is 0 Å². The molecule has 3 rings (SSSR count). The van der Waals surface area contributed by atoms with Gasteiger partial charge < -0.3 is 28.8 Å². The minimum absolute atomic E-state index is 0.0357. The van der Waals surface area contributed by atoms with Crippen LogP contribution < -0.4 is 0 Å². The molecule has 0 amide bonds. The van der Waals surface area contributed by atoms with Gasteiger partial charge in [0.25, 0.3) is 0 Å². The van der Waals surface area contributed by atoms with E-state index in [2.05, 4.69) is 6.58 Å². The lowest BCUT2D eigenvalue weighted by molar-refractivity contribution is -0.318. The minimum Gasteiger partial charge on any atom is -0.461 e. The second-order valence-corrected chi connectivity index (χ2v) is 8.82. The fourth-order valence-corrected chi connectivity index (χ4v) is 4.33. The maximum Gasteiger partial charge on any atom is 0.343 e. The molecule has 32 heavy (non-hydrogen) atoms. The molecule has 2 bridgehead atoms. The van der Waals surface area contributed by atoms with E-state index in [0.717, 1.165) is 0 Å². The van der Waals surface area contributed by atoms with Crippen molar-refractivity contribution in [3.63, 3.8) is 0 Å². The Hall–Kier alpha value is -2.49. The minimum atomic E-state index is -1.62. The van der Waals surface area contributed by atoms with Gasteiger partial charge in [0.1, 0.15) is 24.1 Å². The molecule has 3 aliphatic rings. The van der Waals surface area contributed by atoms with E-state index in [1.54, 1.807) is 26.8 Å². The zero-order valence-electron chi connectivity index (χ0n) is 19.1. The van der Waals surface area contributed by atoms with Crippen LogP contribution in [0.5, 0.6) is 0 Å². The molecule has 0 aromatic carbocycles. The molecule has 0 radical (unpaired) electrons. The zero-order chi connectivity index (χ0) is 23.9. The normalized spacial score (nSPS) is 35.6. The number of hydrogen-bond donors (Lipinski definition) is 1. The predicted molar refractivity (Wildman–Crippen MR) is 111 cm³/mol. The van der Waals surface area contributed by atoms with Gasteiger partial charge in [-0.25, -0.2) is 9.59 Å². The average Bonchev–Trinajstić information content (AvgIpc) is 3.17. The van der Waals surface area contributed by atoms with Crippen molar-refractivity contribution >= 4 is 17.9 Å². The first-order chi connectivity index (χ1) is 14.8. The molecule has 1 N–H and O–H groups in total. The average molecular weight is 450 g/mol. The number of fused-ring (bicyclic) bond motifs is 3. The van der Waals surface area contributed by atoms with Crippen molar-refractivity contribution in [2.75, 3.05) is 13.2 Å². The lowest BCUT2D eigenvalue weighted by atomic mass is 9.82. The number of aliphatic hydroxyl groups is 1. The van der Waals surface area contributed by atoms with Crippen molar-refractivity contribution in [1.29, 1.82) is 0 Å². The van der Waals surface area contributed by atoms with Gasteiger partial charge in [0, 0.05) is 37.5 Å². The van der Waals surface area contributed by atoms with E-state index in [1.165, 1.54) is 13.8 Å². The Labute approximate surface area is 187 Å². The highest BCUT2D eigenvalue weighted by Crippen LogP contribution is 2.51. The highest BCUT2D eigenvalue weighted by molar-refractivity contribution is 5.96. The summed E-state index contributed by atoms with van der Waals surface area (Å²) in [7, 11) is 0. The third-order valence-corrected chi connectivity index (χ3v) is 5.95. The highest BCUT2D eigenvalue weighted by Gasteiger charge is 2.60. The molecule has 0 unspecified atom stereocenters. The first-order valence-corrected chi connectivity index (χ1v) is 10.6. The van der Waals surface area contributed by atoms with Gasteiger partial charge in [0.05, 0.1) is 11.2 Å². The summed E-state index contributed by atoms with van der Waals surface area (Å²) in [6.45, 7) is 11.4. The van der Waals surface area contributed by atoms with Gasteiger partial charge >= 0.3 is 17.9 Å². The summed E-state index contributed by atoms with van der Waals surface area (Å²) in [5.41, 5.74) is -2.13. The largest absolute Gasteiger partial charge is 0.461 e. The van der Waals surface area contributed by atoms with Gasteiger partial charge in [0.15, 0.2) is 5.79 Å². The quantitative estimate of drug-likeness (QED) is 0.369. The molecule has 1 fully saturated rings. The van der Waals surface area contributed by atoms with Crippen molar-refractivity contribution in [1.82, 2.24) is 0 Å². The number of esters is 3. The van der Waals surface area contributed by atoms with E-state index >= 15 is 0 Å². The van der Waals surface area contributed by atoms with E-state index in [1.807, 2.05) is 0 Å². The van der Waals surface area contributed by atoms with E-state index in [-0.39, 0.29) is 42.1 Å². The van der Waals surface area contributed by atoms with Crippen LogP contribution in [0.3, 0.4) is 0 Å². The maximum absolute atomic E-state index is 12.7. The fraction of sp³-hybridized carbons (Fsp3) is 0.609. The second kappa shape index (κ2) is 8.46. The van der Waals surface area contributed by atoms with E-state index in [4.69, 9.17) is 23.7 Å². The third-order valence-electron chi connectivity index (χ3n) is 5.95. The van der Waals surface area contributed by atoms with Gasteiger partial charge in [-0.15, -0.1) is 0 Å². The molecular formula is C23H30O9. The van der Waals surface area contributed by atoms with Gasteiger partial charge in [-0.3, -0.25) is 4.79 Å². The Morgan fingerprint density at radius 2 is 1.97 bits per heavy atom. The van der Waals surface area contributed by atoms with Crippen LogP contribution >= 0.6 is 0 Å². The number of rotatable bonds is 6. The molecule has 1 saturated heterocycles. The molecule has 0 spiro atoms. The molecule has 0 aliphatic carbocycles. The van der Waals surface area contributed by atoms with Crippen molar-refractivity contribution in [3.8, 4) is 0 Å². The van der Waals surface area contributed by atoms with Crippen LogP contribution in [0.15, 0.2) is 35.1 Å². The van der Waals surface area contributed by atoms with E-state index in [0.29, 0.717) is 12.8 Å². The molecule has 3 heterocycles. The van der Waals surface area contributed by atoms with Crippen LogP contribution in [0.2, 0.25) is 0 Å². The van der Waals surface area contributed by atoms with Gasteiger partial charge in [-0.2, -0.15) is 0 Å². The van der Waals surface area contributed by atoms with Crippen LogP contribution in [0.4, 0.5) is 0 Å². The monoisotopic (exact) mass is 450 g/mol.